The minimum absolute atomic E-state index is 0.114. The second-order valence-corrected chi connectivity index (χ2v) is 10.5. The summed E-state index contributed by atoms with van der Waals surface area (Å²) in [4.78, 5) is -0.178. The quantitative estimate of drug-likeness (QED) is 0.392. The molecule has 0 amide bonds. The third-order valence-electron chi connectivity index (χ3n) is 3.13. The molecule has 0 heterocycles. The molecule has 0 aromatic heterocycles. The molecule has 0 spiro atoms. The molecule has 0 bridgehead atoms. The summed E-state index contributed by atoms with van der Waals surface area (Å²) in [6, 6.07) is 21.9. The smallest absolute Gasteiger partial charge is 0.357 e. The highest BCUT2D eigenvalue weighted by molar-refractivity contribution is 7.85. The Morgan fingerprint density at radius 1 is 0.731 bits per heavy atom. The van der Waals surface area contributed by atoms with Crippen LogP contribution in [-0.2, 0) is 10.1 Å². The molecule has 3 aromatic carbocycles. The molecule has 7 heteroatoms. The van der Waals surface area contributed by atoms with Crippen molar-refractivity contribution in [1.29, 1.82) is 0 Å². The van der Waals surface area contributed by atoms with E-state index < -0.39 is 10.1 Å². The van der Waals surface area contributed by atoms with Gasteiger partial charge in [0.25, 0.3) is 0 Å². The van der Waals surface area contributed by atoms with Gasteiger partial charge in [0.15, 0.2) is 7.14 Å². The van der Waals surface area contributed by atoms with Crippen molar-refractivity contribution in [3.8, 4) is 0 Å². The van der Waals surface area contributed by atoms with Gasteiger partial charge >= 0.3 is 21.2 Å². The molecule has 0 N–H and O–H groups in total. The first-order valence-electron chi connectivity index (χ1n) is 7.42. The van der Waals surface area contributed by atoms with E-state index in [-0.39, 0.29) is 26.1 Å². The molecule has 0 aliphatic heterocycles. The van der Waals surface area contributed by atoms with Crippen LogP contribution in [0.15, 0.2) is 77.7 Å². The number of aryl methyl sites for hydroxylation is 1. The molecule has 0 radical (unpaired) electrons. The van der Waals surface area contributed by atoms with Crippen molar-refractivity contribution in [3.63, 3.8) is 0 Å². The summed E-state index contributed by atoms with van der Waals surface area (Å²) >= 11 is 11.5. The van der Waals surface area contributed by atoms with Crippen molar-refractivity contribution in [2.75, 3.05) is 0 Å². The number of hydrogen-bond acceptors (Lipinski definition) is 3. The Bertz CT molecular complexity index is 896. The van der Waals surface area contributed by atoms with E-state index >= 15 is 0 Å². The van der Waals surface area contributed by atoms with Crippen LogP contribution in [0, 0.1) is 14.1 Å². The van der Waals surface area contributed by atoms with E-state index in [1.807, 2.05) is 31.2 Å². The molecule has 3 nitrogen and oxygen atoms in total. The number of rotatable bonds is 3. The minimum Gasteiger partial charge on any atom is -0.744 e. The van der Waals surface area contributed by atoms with Crippen LogP contribution in [-0.4, -0.2) is 13.0 Å². The van der Waals surface area contributed by atoms with Gasteiger partial charge in [0, 0.05) is 10.0 Å². The van der Waals surface area contributed by atoms with Crippen LogP contribution < -0.4 is 21.2 Å². The Labute approximate surface area is 174 Å². The van der Waals surface area contributed by atoms with Gasteiger partial charge in [-0.1, -0.05) is 40.9 Å². The maximum atomic E-state index is 10.4. The molecule has 0 unspecified atom stereocenters. The van der Waals surface area contributed by atoms with Crippen molar-refractivity contribution in [2.24, 2.45) is 0 Å². The monoisotopic (exact) mass is 520 g/mol. The van der Waals surface area contributed by atoms with Crippen LogP contribution in [0.2, 0.25) is 10.0 Å². The van der Waals surface area contributed by atoms with Gasteiger partial charge in [0.05, 0.1) is 4.90 Å². The second-order valence-electron chi connectivity index (χ2n) is 5.23. The van der Waals surface area contributed by atoms with Gasteiger partial charge in [-0.25, -0.2) is 8.42 Å². The zero-order valence-corrected chi connectivity index (χ0v) is 18.2. The van der Waals surface area contributed by atoms with Gasteiger partial charge in [-0.15, -0.1) is 0 Å². The molecular weight excluding hydrogens is 506 g/mol. The first-order valence-corrected chi connectivity index (χ1v) is 11.7. The molecule has 0 fully saturated rings. The van der Waals surface area contributed by atoms with Gasteiger partial charge in [-0.3, -0.25) is 0 Å². The SMILES string of the molecule is Cc1ccc(S(=O)(=O)[O-])cc1.Clc1ccc([I+]c2ccc(Cl)cc2)cc1. The fourth-order valence-corrected chi connectivity index (χ4v) is 4.69. The van der Waals surface area contributed by atoms with E-state index in [0.717, 1.165) is 15.6 Å². The van der Waals surface area contributed by atoms with Crippen LogP contribution >= 0.6 is 23.2 Å². The largest absolute Gasteiger partial charge is 0.744 e. The second kappa shape index (κ2) is 9.71. The Morgan fingerprint density at radius 2 is 1.12 bits per heavy atom. The van der Waals surface area contributed by atoms with Crippen LogP contribution in [0.25, 0.3) is 0 Å². The standard InChI is InChI=1S/C12H8Cl2I.C7H8O3S/c13-9-1-5-11(6-2-9)15-12-7-3-10(14)4-8-12;1-6-2-4-7(5-3-6)11(8,9)10/h1-8H;2-5H,1H3,(H,8,9,10)/q+1;/p-1. The molecule has 0 saturated heterocycles. The molecule has 0 atom stereocenters. The molecule has 0 saturated carbocycles. The zero-order valence-electron chi connectivity index (χ0n) is 13.7. The molecule has 3 rings (SSSR count). The fourth-order valence-electron chi connectivity index (χ4n) is 1.82. The Balaban J connectivity index is 0.000000197. The summed E-state index contributed by atoms with van der Waals surface area (Å²) < 4.78 is 33.9. The highest BCUT2D eigenvalue weighted by atomic mass is 127. The predicted molar refractivity (Wildman–Crippen MR) is 99.4 cm³/mol. The highest BCUT2D eigenvalue weighted by Crippen LogP contribution is 2.08. The van der Waals surface area contributed by atoms with Crippen LogP contribution in [0.1, 0.15) is 5.56 Å². The molecule has 136 valence electrons. The van der Waals surface area contributed by atoms with E-state index in [1.165, 1.54) is 19.3 Å². The minimum atomic E-state index is -4.27. The van der Waals surface area contributed by atoms with E-state index in [4.69, 9.17) is 23.2 Å². The van der Waals surface area contributed by atoms with Gasteiger partial charge in [-0.2, -0.15) is 0 Å². The number of hydrogen-bond donors (Lipinski definition) is 0. The lowest BCUT2D eigenvalue weighted by Crippen LogP contribution is -3.61. The summed E-state index contributed by atoms with van der Waals surface area (Å²) in [7, 11) is -4.27. The summed E-state index contributed by atoms with van der Waals surface area (Å²) in [5, 5.41) is 1.58. The van der Waals surface area contributed by atoms with Crippen LogP contribution in [0.3, 0.4) is 0 Å². The average Bonchev–Trinajstić information content (AvgIpc) is 2.59. The van der Waals surface area contributed by atoms with Crippen LogP contribution in [0.4, 0.5) is 0 Å². The summed E-state index contributed by atoms with van der Waals surface area (Å²) in [6.45, 7) is 1.82. The summed E-state index contributed by atoms with van der Waals surface area (Å²) in [5.41, 5.74) is 0.928. The topological polar surface area (TPSA) is 57.2 Å². The first-order chi connectivity index (χ1) is 12.2. The number of benzene rings is 3. The van der Waals surface area contributed by atoms with Gasteiger partial charge in [0.1, 0.15) is 10.1 Å². The van der Waals surface area contributed by atoms with E-state index in [0.29, 0.717) is 0 Å². The zero-order chi connectivity index (χ0) is 19.2. The third-order valence-corrected chi connectivity index (χ3v) is 7.17. The molecule has 0 aliphatic rings. The lowest BCUT2D eigenvalue weighted by Gasteiger charge is -2.05. The van der Waals surface area contributed by atoms with Crippen LogP contribution in [0.5, 0.6) is 0 Å². The lowest BCUT2D eigenvalue weighted by atomic mass is 10.2. The normalized spacial score (nSPS) is 10.8. The van der Waals surface area contributed by atoms with Gasteiger partial charge in [-0.05, 0) is 67.6 Å². The molecule has 3 aromatic rings. The molecular formula is C19H15Cl2IO3S. The van der Waals surface area contributed by atoms with Crippen molar-refractivity contribution < 1.29 is 34.2 Å². The van der Waals surface area contributed by atoms with E-state index in [2.05, 4.69) is 24.3 Å². The summed E-state index contributed by atoms with van der Waals surface area (Å²) in [5.74, 6) is 0. The molecule has 0 aliphatic carbocycles. The number of halogens is 3. The Kier molecular flexibility index (Phi) is 7.91. The highest BCUT2D eigenvalue weighted by Gasteiger charge is 2.14. The molecule has 26 heavy (non-hydrogen) atoms. The van der Waals surface area contributed by atoms with Crippen molar-refractivity contribution in [1.82, 2.24) is 0 Å². The predicted octanol–water partition coefficient (Wildman–Crippen LogP) is 2.02. The van der Waals surface area contributed by atoms with Gasteiger partial charge in [0.2, 0.25) is 0 Å². The van der Waals surface area contributed by atoms with Gasteiger partial charge < -0.3 is 4.55 Å². The Morgan fingerprint density at radius 3 is 1.46 bits per heavy atom. The van der Waals surface area contributed by atoms with E-state index in [9.17, 15) is 13.0 Å². The Hall–Kier alpha value is -1.12. The first kappa shape index (κ1) is 21.2. The summed E-state index contributed by atoms with van der Waals surface area (Å²) in [6.07, 6.45) is 0. The van der Waals surface area contributed by atoms with E-state index in [1.54, 1.807) is 12.1 Å². The van der Waals surface area contributed by atoms with Crippen molar-refractivity contribution >= 4 is 33.3 Å². The lowest BCUT2D eigenvalue weighted by molar-refractivity contribution is -0.597. The third kappa shape index (κ3) is 7.25. The fraction of sp³-hybridized carbons (Fsp3) is 0.0526. The van der Waals surface area contributed by atoms with Crippen molar-refractivity contribution in [2.45, 2.75) is 11.8 Å². The maximum Gasteiger partial charge on any atom is 0.357 e. The average molecular weight is 521 g/mol. The van der Waals surface area contributed by atoms with Crippen molar-refractivity contribution in [3.05, 3.63) is 95.5 Å². The maximum absolute atomic E-state index is 10.4.